The van der Waals surface area contributed by atoms with Crippen molar-refractivity contribution in [1.29, 1.82) is 0 Å². The number of hydrogen-bond donors (Lipinski definition) is 1. The van der Waals surface area contributed by atoms with Crippen LogP contribution in [0.4, 0.5) is 5.69 Å². The number of imide groups is 1. The molecule has 8 nitrogen and oxygen atoms in total. The number of carbonyl (C=O) groups is 3. The Hall–Kier alpha value is -2.77. The van der Waals surface area contributed by atoms with E-state index in [1.165, 1.54) is 25.1 Å². The highest BCUT2D eigenvalue weighted by Gasteiger charge is 2.23. The Morgan fingerprint density at radius 1 is 1.43 bits per heavy atom. The topological polar surface area (TPSA) is 110 Å². The quantitative estimate of drug-likeness (QED) is 0.470. The summed E-state index contributed by atoms with van der Waals surface area (Å²) in [5.41, 5.74) is -0.0550. The molecule has 0 radical (unpaired) electrons. The highest BCUT2D eigenvalue weighted by atomic mass is 16.6. The van der Waals surface area contributed by atoms with Gasteiger partial charge in [-0.1, -0.05) is 6.07 Å². The van der Waals surface area contributed by atoms with Crippen molar-refractivity contribution in [1.82, 2.24) is 10.2 Å². The molecule has 0 heterocycles. The van der Waals surface area contributed by atoms with Crippen LogP contribution in [0.2, 0.25) is 0 Å². The second kappa shape index (κ2) is 7.13. The smallest absolute Gasteiger partial charge is 0.273 e. The lowest BCUT2D eigenvalue weighted by Crippen LogP contribution is -2.40. The number of nitro benzene ring substituents is 1. The van der Waals surface area contributed by atoms with Gasteiger partial charge in [-0.2, -0.15) is 0 Å². The van der Waals surface area contributed by atoms with E-state index in [1.807, 2.05) is 0 Å². The zero-order valence-electron chi connectivity index (χ0n) is 11.7. The molecule has 1 N–H and O–H groups in total. The molecule has 0 saturated carbocycles. The molecule has 8 heteroatoms. The van der Waals surface area contributed by atoms with Gasteiger partial charge in [-0.05, 0) is 19.9 Å². The third-order valence-electron chi connectivity index (χ3n) is 2.81. The van der Waals surface area contributed by atoms with Gasteiger partial charge in [-0.25, -0.2) is 0 Å². The van der Waals surface area contributed by atoms with Crippen LogP contribution in [0.25, 0.3) is 0 Å². The van der Waals surface area contributed by atoms with Gasteiger partial charge >= 0.3 is 0 Å². The second-order valence-corrected chi connectivity index (χ2v) is 4.20. The summed E-state index contributed by atoms with van der Waals surface area (Å²) in [5.74, 6) is -1.24. The second-order valence-electron chi connectivity index (χ2n) is 4.20. The third kappa shape index (κ3) is 3.85. The van der Waals surface area contributed by atoms with Gasteiger partial charge in [0, 0.05) is 23.7 Å². The predicted molar refractivity (Wildman–Crippen MR) is 73.6 cm³/mol. The number of rotatable bonds is 6. The van der Waals surface area contributed by atoms with Crippen LogP contribution in [0.15, 0.2) is 18.2 Å². The minimum absolute atomic E-state index is 0.0144. The van der Waals surface area contributed by atoms with Gasteiger partial charge in [-0.15, -0.1) is 0 Å². The highest BCUT2D eigenvalue weighted by Crippen LogP contribution is 2.21. The van der Waals surface area contributed by atoms with Gasteiger partial charge in [0.05, 0.1) is 4.92 Å². The first-order chi connectivity index (χ1) is 9.92. The third-order valence-corrected chi connectivity index (χ3v) is 2.81. The van der Waals surface area contributed by atoms with Crippen molar-refractivity contribution in [2.75, 3.05) is 13.1 Å². The van der Waals surface area contributed by atoms with Crippen LogP contribution < -0.4 is 5.32 Å². The Labute approximate surface area is 120 Å². The summed E-state index contributed by atoms with van der Waals surface area (Å²) in [6.45, 7) is 3.06. The maximum atomic E-state index is 12.2. The molecule has 0 aliphatic heterocycles. The molecule has 1 aromatic carbocycles. The monoisotopic (exact) mass is 293 g/mol. The molecule has 0 aliphatic carbocycles. The first kappa shape index (κ1) is 16.3. The first-order valence-corrected chi connectivity index (χ1v) is 6.19. The lowest BCUT2D eigenvalue weighted by Gasteiger charge is -2.16. The van der Waals surface area contributed by atoms with Crippen LogP contribution >= 0.6 is 0 Å². The molecule has 0 unspecified atom stereocenters. The van der Waals surface area contributed by atoms with Crippen LogP contribution in [-0.4, -0.2) is 41.1 Å². The molecular formula is C13H15N3O5. The average Bonchev–Trinajstić information content (AvgIpc) is 2.44. The lowest BCUT2D eigenvalue weighted by atomic mass is 10.1. The molecule has 0 aromatic heterocycles. The van der Waals surface area contributed by atoms with Crippen LogP contribution in [0, 0.1) is 17.0 Å². The number of nitrogens with zero attached hydrogens (tertiary/aromatic N) is 2. The number of benzene rings is 1. The highest BCUT2D eigenvalue weighted by molar-refractivity contribution is 6.03. The number of likely N-dealkylation sites (N-methyl/N-ethyl adjacent to an activating group) is 1. The summed E-state index contributed by atoms with van der Waals surface area (Å²) in [6.07, 6.45) is 0.232. The molecule has 1 aromatic rings. The molecule has 0 bridgehead atoms. The Bertz CT molecular complexity index is 585. The number of amides is 3. The van der Waals surface area contributed by atoms with Crippen molar-refractivity contribution in [2.24, 2.45) is 0 Å². The van der Waals surface area contributed by atoms with Crippen LogP contribution in [0.5, 0.6) is 0 Å². The summed E-state index contributed by atoms with van der Waals surface area (Å²) in [6, 6.07) is 3.99. The Kier molecular flexibility index (Phi) is 5.53. The predicted octanol–water partition coefficient (Wildman–Crippen LogP) is 0.638. The molecule has 0 atom stereocenters. The number of hydrogen-bond acceptors (Lipinski definition) is 5. The van der Waals surface area contributed by atoms with Gasteiger partial charge in [0.15, 0.2) is 0 Å². The van der Waals surface area contributed by atoms with Crippen molar-refractivity contribution in [3.63, 3.8) is 0 Å². The maximum absolute atomic E-state index is 12.2. The van der Waals surface area contributed by atoms with Crippen molar-refractivity contribution in [3.8, 4) is 0 Å². The van der Waals surface area contributed by atoms with E-state index >= 15 is 0 Å². The van der Waals surface area contributed by atoms with Crippen molar-refractivity contribution < 1.29 is 19.3 Å². The minimum Gasteiger partial charge on any atom is -0.355 e. The largest absolute Gasteiger partial charge is 0.355 e. The maximum Gasteiger partial charge on any atom is 0.273 e. The molecule has 3 amide bonds. The van der Waals surface area contributed by atoms with Crippen molar-refractivity contribution in [3.05, 3.63) is 39.4 Å². The molecule has 0 fully saturated rings. The van der Waals surface area contributed by atoms with Gasteiger partial charge in [0.2, 0.25) is 12.3 Å². The zero-order chi connectivity index (χ0) is 16.0. The van der Waals surface area contributed by atoms with Gasteiger partial charge in [0.1, 0.15) is 6.54 Å². The number of nitrogens with one attached hydrogen (secondary N) is 1. The van der Waals surface area contributed by atoms with Crippen molar-refractivity contribution >= 4 is 23.9 Å². The number of carbonyl (C=O) groups excluding carboxylic acids is 3. The van der Waals surface area contributed by atoms with E-state index in [2.05, 4.69) is 5.32 Å². The summed E-state index contributed by atoms with van der Waals surface area (Å²) in [4.78, 5) is 45.5. The van der Waals surface area contributed by atoms with Gasteiger partial charge < -0.3 is 5.32 Å². The first-order valence-electron chi connectivity index (χ1n) is 6.19. The molecule has 0 spiro atoms. The summed E-state index contributed by atoms with van der Waals surface area (Å²) in [5, 5.41) is 13.3. The van der Waals surface area contributed by atoms with E-state index in [0.29, 0.717) is 11.4 Å². The lowest BCUT2D eigenvalue weighted by molar-refractivity contribution is -0.385. The molecule has 21 heavy (non-hydrogen) atoms. The normalized spacial score (nSPS) is 9.81. The van der Waals surface area contributed by atoms with E-state index in [-0.39, 0.29) is 23.2 Å². The van der Waals surface area contributed by atoms with E-state index in [9.17, 15) is 24.5 Å². The van der Waals surface area contributed by atoms with Crippen LogP contribution in [0.3, 0.4) is 0 Å². The van der Waals surface area contributed by atoms with E-state index in [0.717, 1.165) is 0 Å². The molecule has 112 valence electrons. The van der Waals surface area contributed by atoms with Crippen LogP contribution in [-0.2, 0) is 9.59 Å². The average molecular weight is 293 g/mol. The summed E-state index contributed by atoms with van der Waals surface area (Å²) >= 11 is 0. The van der Waals surface area contributed by atoms with E-state index < -0.39 is 23.3 Å². The fourth-order valence-electron chi connectivity index (χ4n) is 1.77. The van der Waals surface area contributed by atoms with Gasteiger partial charge in [0.25, 0.3) is 11.6 Å². The fourth-order valence-corrected chi connectivity index (χ4v) is 1.77. The standard InChI is InChI=1S/C13H15N3O5/c1-3-14-12(18)7-15(8-17)13(19)10-5-4-6-11(9(10)2)16(20)21/h4-6,8H,3,7H2,1-2H3,(H,14,18). The molecule has 0 aliphatic rings. The number of nitro groups is 1. The van der Waals surface area contributed by atoms with E-state index in [1.54, 1.807) is 6.92 Å². The summed E-state index contributed by atoms with van der Waals surface area (Å²) < 4.78 is 0. The Balaban J connectivity index is 3.06. The molecular weight excluding hydrogens is 278 g/mol. The Morgan fingerprint density at radius 3 is 2.62 bits per heavy atom. The van der Waals surface area contributed by atoms with Crippen LogP contribution in [0.1, 0.15) is 22.8 Å². The van der Waals surface area contributed by atoms with E-state index in [4.69, 9.17) is 0 Å². The zero-order valence-corrected chi connectivity index (χ0v) is 11.7. The fraction of sp³-hybridized carbons (Fsp3) is 0.308. The Morgan fingerprint density at radius 2 is 2.10 bits per heavy atom. The molecule has 1 rings (SSSR count). The SMILES string of the molecule is CCNC(=O)CN(C=O)C(=O)c1cccc([N+](=O)[O-])c1C. The van der Waals surface area contributed by atoms with Crippen molar-refractivity contribution in [2.45, 2.75) is 13.8 Å². The summed E-state index contributed by atoms with van der Waals surface area (Å²) in [7, 11) is 0. The van der Waals surface area contributed by atoms with Gasteiger partial charge in [-0.3, -0.25) is 29.4 Å². The minimum atomic E-state index is -0.752. The molecule has 0 saturated heterocycles.